The van der Waals surface area contributed by atoms with Gasteiger partial charge in [-0.2, -0.15) is 0 Å². The molecule has 1 unspecified atom stereocenters. The topological polar surface area (TPSA) is 105 Å². The zero-order valence-corrected chi connectivity index (χ0v) is 23.6. The molecule has 0 fully saturated rings. The van der Waals surface area contributed by atoms with Crippen LogP contribution in [0.1, 0.15) is 57.1 Å². The third-order valence-corrected chi connectivity index (χ3v) is 7.68. The Morgan fingerprint density at radius 2 is 1.74 bits per heavy atom. The van der Waals surface area contributed by atoms with Gasteiger partial charge in [-0.05, 0) is 43.9 Å². The number of sulfonamides is 1. The van der Waals surface area contributed by atoms with E-state index in [-0.39, 0.29) is 31.6 Å². The van der Waals surface area contributed by atoms with Crippen molar-refractivity contribution in [2.75, 3.05) is 30.4 Å². The van der Waals surface area contributed by atoms with E-state index in [1.165, 1.54) is 4.31 Å². The van der Waals surface area contributed by atoms with Crippen molar-refractivity contribution in [3.63, 3.8) is 0 Å². The van der Waals surface area contributed by atoms with Gasteiger partial charge in [0.15, 0.2) is 11.5 Å². The number of fused-ring (bicyclic) bond motifs is 1. The van der Waals surface area contributed by atoms with Gasteiger partial charge in [0.25, 0.3) is 0 Å². The summed E-state index contributed by atoms with van der Waals surface area (Å²) in [5.74, 6) is 0.685. The quantitative estimate of drug-likeness (QED) is 0.360. The molecule has 1 N–H and O–H groups in total. The van der Waals surface area contributed by atoms with Gasteiger partial charge in [0.05, 0.1) is 11.9 Å². The summed E-state index contributed by atoms with van der Waals surface area (Å²) in [6, 6.07) is 12.2. The monoisotopic (exact) mass is 545 g/mol. The maximum atomic E-state index is 13.5. The van der Waals surface area contributed by atoms with Crippen LogP contribution >= 0.6 is 0 Å². The lowest BCUT2D eigenvalue weighted by molar-refractivity contribution is -0.141. The highest BCUT2D eigenvalue weighted by atomic mass is 32.2. The summed E-state index contributed by atoms with van der Waals surface area (Å²) < 4.78 is 37.2. The lowest BCUT2D eigenvalue weighted by Crippen LogP contribution is -2.49. The lowest BCUT2D eigenvalue weighted by Gasteiger charge is -2.31. The fourth-order valence-corrected chi connectivity index (χ4v) is 5.32. The number of ether oxygens (including phenoxy) is 2. The van der Waals surface area contributed by atoms with Crippen molar-refractivity contribution in [3.8, 4) is 11.5 Å². The second-order valence-corrected chi connectivity index (χ2v) is 11.5. The summed E-state index contributed by atoms with van der Waals surface area (Å²) in [6.45, 7) is 7.02. The van der Waals surface area contributed by atoms with Crippen molar-refractivity contribution in [2.24, 2.45) is 0 Å². The molecule has 1 aliphatic rings. The van der Waals surface area contributed by atoms with Crippen LogP contribution in [0.5, 0.6) is 11.5 Å². The maximum Gasteiger partial charge on any atom is 0.242 e. The van der Waals surface area contributed by atoms with Gasteiger partial charge in [-0.1, -0.05) is 50.1 Å². The van der Waals surface area contributed by atoms with E-state index in [1.54, 1.807) is 23.1 Å². The van der Waals surface area contributed by atoms with Gasteiger partial charge < -0.3 is 19.7 Å². The Labute approximate surface area is 226 Å². The highest BCUT2D eigenvalue weighted by Gasteiger charge is 2.29. The van der Waals surface area contributed by atoms with E-state index in [0.717, 1.165) is 30.2 Å². The third-order valence-electron chi connectivity index (χ3n) is 6.49. The highest BCUT2D eigenvalue weighted by molar-refractivity contribution is 7.92. The van der Waals surface area contributed by atoms with E-state index >= 15 is 0 Å². The molecule has 38 heavy (non-hydrogen) atoms. The average molecular weight is 546 g/mol. The summed E-state index contributed by atoms with van der Waals surface area (Å²) in [7, 11) is -3.61. The summed E-state index contributed by atoms with van der Waals surface area (Å²) in [5, 5.41) is 2.96. The lowest BCUT2D eigenvalue weighted by atomic mass is 10.1. The Kier molecular flexibility index (Phi) is 10.4. The van der Waals surface area contributed by atoms with Crippen molar-refractivity contribution in [3.05, 3.63) is 53.6 Å². The van der Waals surface area contributed by atoms with Gasteiger partial charge in [-0.3, -0.25) is 13.9 Å². The number of hydrogen-bond donors (Lipinski definition) is 1. The van der Waals surface area contributed by atoms with Crippen molar-refractivity contribution in [2.45, 2.75) is 65.5 Å². The van der Waals surface area contributed by atoms with Gasteiger partial charge in [0.1, 0.15) is 6.04 Å². The van der Waals surface area contributed by atoms with Crippen LogP contribution in [0.25, 0.3) is 0 Å². The zero-order valence-electron chi connectivity index (χ0n) is 22.7. The van der Waals surface area contributed by atoms with Crippen LogP contribution in [0.3, 0.4) is 0 Å². The van der Waals surface area contributed by atoms with E-state index < -0.39 is 16.1 Å². The van der Waals surface area contributed by atoms with Crippen LogP contribution in [0.4, 0.5) is 5.69 Å². The first-order valence-corrected chi connectivity index (χ1v) is 15.0. The first-order valence-electron chi connectivity index (χ1n) is 13.1. The van der Waals surface area contributed by atoms with E-state index in [0.29, 0.717) is 43.1 Å². The van der Waals surface area contributed by atoms with Crippen molar-refractivity contribution < 1.29 is 27.5 Å². The first kappa shape index (κ1) is 29.3. The number of carbonyl (C=O) groups is 2. The largest absolute Gasteiger partial charge is 0.454 e. The Morgan fingerprint density at radius 1 is 1.03 bits per heavy atom. The summed E-state index contributed by atoms with van der Waals surface area (Å²) in [4.78, 5) is 28.2. The minimum atomic E-state index is -3.61. The van der Waals surface area contributed by atoms with Gasteiger partial charge in [-0.25, -0.2) is 8.42 Å². The first-order chi connectivity index (χ1) is 18.1. The molecule has 1 heterocycles. The molecule has 0 radical (unpaired) electrons. The van der Waals surface area contributed by atoms with Crippen LogP contribution in [0.2, 0.25) is 0 Å². The molecule has 0 aromatic heterocycles. The number of amides is 2. The molecule has 0 saturated carbocycles. The second-order valence-electron chi connectivity index (χ2n) is 9.55. The summed E-state index contributed by atoms with van der Waals surface area (Å²) in [6.07, 6.45) is 3.83. The van der Waals surface area contributed by atoms with E-state index in [2.05, 4.69) is 12.2 Å². The molecule has 0 bridgehead atoms. The molecule has 0 spiro atoms. The number of unbranched alkanes of at least 4 members (excludes halogenated alkanes) is 1. The minimum Gasteiger partial charge on any atom is -0.454 e. The number of anilines is 1. The van der Waals surface area contributed by atoms with E-state index in [1.807, 2.05) is 38.1 Å². The maximum absolute atomic E-state index is 13.5. The molecule has 1 atom stereocenters. The molecule has 0 aliphatic carbocycles. The van der Waals surface area contributed by atoms with Crippen LogP contribution in [-0.2, 0) is 26.2 Å². The molecule has 2 aromatic carbocycles. The smallest absolute Gasteiger partial charge is 0.242 e. The number of nitrogens with zero attached hydrogens (tertiary/aromatic N) is 2. The van der Waals surface area contributed by atoms with Gasteiger partial charge >= 0.3 is 0 Å². The molecule has 208 valence electrons. The molecule has 3 rings (SSSR count). The van der Waals surface area contributed by atoms with Gasteiger partial charge in [-0.15, -0.1) is 0 Å². The van der Waals surface area contributed by atoms with E-state index in [4.69, 9.17) is 9.47 Å². The number of aryl methyl sites for hydroxylation is 1. The van der Waals surface area contributed by atoms with Crippen LogP contribution in [-0.4, -0.2) is 57.3 Å². The fraction of sp³-hybridized carbons (Fsp3) is 0.500. The molecule has 2 aromatic rings. The highest BCUT2D eigenvalue weighted by Crippen LogP contribution is 2.36. The molecule has 10 heteroatoms. The Morgan fingerprint density at radius 3 is 2.39 bits per heavy atom. The number of benzene rings is 2. The van der Waals surface area contributed by atoms with E-state index in [9.17, 15) is 18.0 Å². The Hall–Kier alpha value is -3.27. The molecule has 2 amide bonds. The van der Waals surface area contributed by atoms with Gasteiger partial charge in [0, 0.05) is 32.1 Å². The van der Waals surface area contributed by atoms with Crippen LogP contribution < -0.4 is 19.1 Å². The second kappa shape index (κ2) is 13.5. The summed E-state index contributed by atoms with van der Waals surface area (Å²) >= 11 is 0. The van der Waals surface area contributed by atoms with Crippen molar-refractivity contribution in [1.82, 2.24) is 10.2 Å². The molecular weight excluding hydrogens is 506 g/mol. The normalized spacial score (nSPS) is 13.2. The van der Waals surface area contributed by atoms with Gasteiger partial charge in [0.2, 0.25) is 28.6 Å². The fourth-order valence-electron chi connectivity index (χ4n) is 4.36. The van der Waals surface area contributed by atoms with Crippen LogP contribution in [0, 0.1) is 6.92 Å². The third kappa shape index (κ3) is 7.86. The Balaban J connectivity index is 1.74. The van der Waals surface area contributed by atoms with Crippen molar-refractivity contribution >= 4 is 27.5 Å². The summed E-state index contributed by atoms with van der Waals surface area (Å²) in [5.41, 5.74) is 2.49. The zero-order chi connectivity index (χ0) is 27.7. The van der Waals surface area contributed by atoms with Crippen LogP contribution in [0.15, 0.2) is 42.5 Å². The molecule has 0 saturated heterocycles. The number of carbonyl (C=O) groups excluding carboxylic acids is 2. The molecular formula is C28H39N3O6S. The Bertz CT molecular complexity index is 1200. The number of nitrogens with one attached hydrogen (secondary N) is 1. The standard InChI is InChI=1S/C28H39N3O6S/c1-5-7-16-29-28(33)24(6-2)30(19-22-12-10-21(3)11-13-22)27(32)9-8-17-31(38(4,34)35)23-14-15-25-26(18-23)37-20-36-25/h10-15,18,24H,5-9,16-17,19-20H2,1-4H3,(H,29,33). The predicted octanol–water partition coefficient (Wildman–Crippen LogP) is 3.99. The molecule has 9 nitrogen and oxygen atoms in total. The average Bonchev–Trinajstić information content (AvgIpc) is 3.35. The number of hydrogen-bond acceptors (Lipinski definition) is 6. The predicted molar refractivity (Wildman–Crippen MR) is 148 cm³/mol. The number of rotatable bonds is 14. The SMILES string of the molecule is CCCCNC(=O)C(CC)N(Cc1ccc(C)cc1)C(=O)CCCN(c1ccc2c(c1)OCO2)S(C)(=O)=O. The van der Waals surface area contributed by atoms with Crippen molar-refractivity contribution in [1.29, 1.82) is 0 Å². The minimum absolute atomic E-state index is 0.0909. The molecule has 1 aliphatic heterocycles.